The smallest absolute Gasteiger partial charge is 0.183 e. The van der Waals surface area contributed by atoms with Gasteiger partial charge in [0.1, 0.15) is 0 Å². The molecule has 4 nitrogen and oxygen atoms in total. The minimum Gasteiger partial charge on any atom is -0.394 e. The van der Waals surface area contributed by atoms with E-state index in [2.05, 4.69) is 10.3 Å². The van der Waals surface area contributed by atoms with Crippen molar-refractivity contribution in [2.24, 2.45) is 5.73 Å². The number of hydrogen-bond donors (Lipinski definition) is 3. The minimum atomic E-state index is -0.322. The highest BCUT2D eigenvalue weighted by Gasteiger charge is 2.17. The van der Waals surface area contributed by atoms with Gasteiger partial charge in [-0.3, -0.25) is 0 Å². The minimum absolute atomic E-state index is 0.0821. The van der Waals surface area contributed by atoms with Crippen LogP contribution in [0.1, 0.15) is 19.5 Å². The van der Waals surface area contributed by atoms with Gasteiger partial charge in [0.2, 0.25) is 0 Å². The van der Waals surface area contributed by atoms with Crippen LogP contribution in [0.5, 0.6) is 0 Å². The van der Waals surface area contributed by atoms with Crippen LogP contribution in [0.15, 0.2) is 5.38 Å². The van der Waals surface area contributed by atoms with Crippen molar-refractivity contribution in [3.8, 4) is 0 Å². The summed E-state index contributed by atoms with van der Waals surface area (Å²) in [5.41, 5.74) is 6.11. The first kappa shape index (κ1) is 11.4. The monoisotopic (exact) mass is 215 g/mol. The van der Waals surface area contributed by atoms with Crippen LogP contribution in [0.2, 0.25) is 0 Å². The van der Waals surface area contributed by atoms with Gasteiger partial charge in [0.25, 0.3) is 0 Å². The summed E-state index contributed by atoms with van der Waals surface area (Å²) in [6, 6.07) is 0. The first-order valence-corrected chi connectivity index (χ1v) is 5.49. The predicted molar refractivity (Wildman–Crippen MR) is 59.7 cm³/mol. The zero-order chi connectivity index (χ0) is 10.6. The van der Waals surface area contributed by atoms with E-state index in [-0.39, 0.29) is 12.1 Å². The Kier molecular flexibility index (Phi) is 3.86. The summed E-state index contributed by atoms with van der Waals surface area (Å²) >= 11 is 1.54. The third-order valence-electron chi connectivity index (χ3n) is 1.79. The standard InChI is InChI=1S/C9H17N3OS/c1-9(2,6-13)12-8-11-7(3-4-10)5-14-8/h5,13H,3-4,6,10H2,1-2H3,(H,11,12). The van der Waals surface area contributed by atoms with Crippen LogP contribution in [0.4, 0.5) is 5.13 Å². The van der Waals surface area contributed by atoms with Crippen LogP contribution in [-0.2, 0) is 6.42 Å². The quantitative estimate of drug-likeness (QED) is 0.680. The van der Waals surface area contributed by atoms with Crippen LogP contribution in [0.3, 0.4) is 0 Å². The summed E-state index contributed by atoms with van der Waals surface area (Å²) in [6.45, 7) is 4.55. The molecular weight excluding hydrogens is 198 g/mol. The maximum atomic E-state index is 9.06. The molecule has 0 unspecified atom stereocenters. The molecule has 0 bridgehead atoms. The Morgan fingerprint density at radius 2 is 2.36 bits per heavy atom. The van der Waals surface area contributed by atoms with E-state index in [1.807, 2.05) is 19.2 Å². The molecule has 0 spiro atoms. The summed E-state index contributed by atoms with van der Waals surface area (Å²) in [5, 5.41) is 15.1. The van der Waals surface area contributed by atoms with Crippen molar-refractivity contribution >= 4 is 16.5 Å². The van der Waals surface area contributed by atoms with Gasteiger partial charge in [-0.25, -0.2) is 4.98 Å². The molecule has 0 radical (unpaired) electrons. The number of nitrogens with two attached hydrogens (primary N) is 1. The molecule has 1 aromatic rings. The number of rotatable bonds is 5. The van der Waals surface area contributed by atoms with Crippen molar-refractivity contribution < 1.29 is 5.11 Å². The Bertz CT molecular complexity index is 285. The molecule has 4 N–H and O–H groups in total. The van der Waals surface area contributed by atoms with Gasteiger partial charge in [0.15, 0.2) is 5.13 Å². The molecule has 1 aromatic heterocycles. The number of nitrogens with one attached hydrogen (secondary N) is 1. The normalized spacial score (nSPS) is 11.7. The van der Waals surface area contributed by atoms with E-state index in [0.29, 0.717) is 6.54 Å². The molecule has 0 saturated carbocycles. The number of hydrogen-bond acceptors (Lipinski definition) is 5. The maximum Gasteiger partial charge on any atom is 0.183 e. The summed E-state index contributed by atoms with van der Waals surface area (Å²) in [7, 11) is 0. The molecule has 5 heteroatoms. The van der Waals surface area contributed by atoms with Crippen LogP contribution in [-0.4, -0.2) is 28.8 Å². The van der Waals surface area contributed by atoms with Crippen LogP contribution < -0.4 is 11.1 Å². The highest BCUT2D eigenvalue weighted by Crippen LogP contribution is 2.19. The Labute approximate surface area is 88.2 Å². The second-order valence-corrected chi connectivity index (χ2v) is 4.71. The number of aliphatic hydroxyl groups excluding tert-OH is 1. The van der Waals surface area contributed by atoms with Gasteiger partial charge >= 0.3 is 0 Å². The number of anilines is 1. The Morgan fingerprint density at radius 1 is 1.64 bits per heavy atom. The fourth-order valence-corrected chi connectivity index (χ4v) is 1.88. The second kappa shape index (κ2) is 4.72. The third-order valence-corrected chi connectivity index (χ3v) is 2.60. The Balaban J connectivity index is 2.59. The van der Waals surface area contributed by atoms with Crippen molar-refractivity contribution in [2.45, 2.75) is 25.8 Å². The Hall–Kier alpha value is -0.650. The van der Waals surface area contributed by atoms with E-state index < -0.39 is 0 Å². The van der Waals surface area contributed by atoms with Gasteiger partial charge in [-0.2, -0.15) is 0 Å². The topological polar surface area (TPSA) is 71.2 Å². The van der Waals surface area contributed by atoms with Gasteiger partial charge in [0, 0.05) is 11.8 Å². The van der Waals surface area contributed by atoms with Crippen LogP contribution in [0.25, 0.3) is 0 Å². The van der Waals surface area contributed by atoms with Crippen molar-refractivity contribution in [3.05, 3.63) is 11.1 Å². The second-order valence-electron chi connectivity index (χ2n) is 3.85. The number of nitrogens with zero attached hydrogens (tertiary/aromatic N) is 1. The van der Waals surface area contributed by atoms with Gasteiger partial charge in [-0.15, -0.1) is 11.3 Å². The van der Waals surface area contributed by atoms with Crippen molar-refractivity contribution in [1.29, 1.82) is 0 Å². The third kappa shape index (κ3) is 3.25. The molecule has 0 aliphatic rings. The van der Waals surface area contributed by atoms with E-state index in [9.17, 15) is 0 Å². The van der Waals surface area contributed by atoms with E-state index in [0.717, 1.165) is 17.2 Å². The summed E-state index contributed by atoms with van der Waals surface area (Å²) in [5.74, 6) is 0. The summed E-state index contributed by atoms with van der Waals surface area (Å²) in [4.78, 5) is 4.35. The first-order valence-electron chi connectivity index (χ1n) is 4.61. The largest absolute Gasteiger partial charge is 0.394 e. The predicted octanol–water partition coefficient (Wildman–Crippen LogP) is 0.827. The molecule has 1 heterocycles. The molecule has 0 aliphatic carbocycles. The average molecular weight is 215 g/mol. The van der Waals surface area contributed by atoms with E-state index in [1.54, 1.807) is 11.3 Å². The van der Waals surface area contributed by atoms with Gasteiger partial charge in [-0.05, 0) is 20.4 Å². The average Bonchev–Trinajstić information content (AvgIpc) is 2.53. The zero-order valence-electron chi connectivity index (χ0n) is 8.58. The van der Waals surface area contributed by atoms with E-state index >= 15 is 0 Å². The summed E-state index contributed by atoms with van der Waals surface area (Å²) < 4.78 is 0. The molecular formula is C9H17N3OS. The fourth-order valence-electron chi connectivity index (χ4n) is 0.956. The molecule has 1 rings (SSSR count). The van der Waals surface area contributed by atoms with Crippen LogP contribution in [0, 0.1) is 0 Å². The molecule has 0 saturated heterocycles. The lowest BCUT2D eigenvalue weighted by Gasteiger charge is -2.22. The lowest BCUT2D eigenvalue weighted by Crippen LogP contribution is -2.34. The lowest BCUT2D eigenvalue weighted by atomic mass is 10.1. The van der Waals surface area contributed by atoms with E-state index in [4.69, 9.17) is 10.8 Å². The first-order chi connectivity index (χ1) is 6.57. The molecule has 14 heavy (non-hydrogen) atoms. The number of thiazole rings is 1. The molecule has 0 aromatic carbocycles. The van der Waals surface area contributed by atoms with Crippen molar-refractivity contribution in [3.63, 3.8) is 0 Å². The molecule has 0 fully saturated rings. The molecule has 0 amide bonds. The number of aromatic nitrogens is 1. The van der Waals surface area contributed by atoms with Crippen molar-refractivity contribution in [2.75, 3.05) is 18.5 Å². The van der Waals surface area contributed by atoms with Gasteiger partial charge in [0.05, 0.1) is 17.8 Å². The SMILES string of the molecule is CC(C)(CO)Nc1nc(CCN)cs1. The Morgan fingerprint density at radius 3 is 2.93 bits per heavy atom. The zero-order valence-corrected chi connectivity index (χ0v) is 9.40. The maximum absolute atomic E-state index is 9.06. The highest BCUT2D eigenvalue weighted by atomic mass is 32.1. The molecule has 80 valence electrons. The molecule has 0 aliphatic heterocycles. The molecule has 0 atom stereocenters. The van der Waals surface area contributed by atoms with E-state index in [1.165, 1.54) is 0 Å². The number of aliphatic hydroxyl groups is 1. The van der Waals surface area contributed by atoms with Crippen molar-refractivity contribution in [1.82, 2.24) is 4.98 Å². The summed E-state index contributed by atoms with van der Waals surface area (Å²) in [6.07, 6.45) is 0.803. The lowest BCUT2D eigenvalue weighted by molar-refractivity contribution is 0.234. The van der Waals surface area contributed by atoms with Gasteiger partial charge in [-0.1, -0.05) is 0 Å². The highest BCUT2D eigenvalue weighted by molar-refractivity contribution is 7.13. The van der Waals surface area contributed by atoms with Crippen LogP contribution >= 0.6 is 11.3 Å². The van der Waals surface area contributed by atoms with Gasteiger partial charge < -0.3 is 16.2 Å². The fraction of sp³-hybridized carbons (Fsp3) is 0.667.